The number of esters is 1. The molecule has 1 rings (SSSR count). The molecular weight excluding hydrogens is 298 g/mol. The standard InChI is InChI=1S/C17H21NO5/c1-4-10-22-14-8-6-13(7-9-14)12-15(16(19)21-3)18-17(20)23-11-5-2/h4-9,15H,1-2,10-12H2,3H3,(H,18,20)/t15-/m0/s1. The van der Waals surface area contributed by atoms with Gasteiger partial charge in [-0.2, -0.15) is 0 Å². The lowest BCUT2D eigenvalue weighted by Crippen LogP contribution is -2.43. The Morgan fingerprint density at radius 1 is 1.17 bits per heavy atom. The molecule has 23 heavy (non-hydrogen) atoms. The molecule has 1 atom stereocenters. The topological polar surface area (TPSA) is 73.9 Å². The van der Waals surface area contributed by atoms with Crippen LogP contribution in [-0.2, 0) is 20.7 Å². The number of methoxy groups -OCH3 is 1. The molecule has 1 N–H and O–H groups in total. The van der Waals surface area contributed by atoms with Crippen molar-refractivity contribution < 1.29 is 23.8 Å². The molecule has 0 radical (unpaired) electrons. The zero-order chi connectivity index (χ0) is 17.1. The van der Waals surface area contributed by atoms with Gasteiger partial charge < -0.3 is 19.5 Å². The molecule has 1 aromatic rings. The fourth-order valence-corrected chi connectivity index (χ4v) is 1.77. The Balaban J connectivity index is 2.68. The third-order valence-electron chi connectivity index (χ3n) is 2.84. The van der Waals surface area contributed by atoms with Gasteiger partial charge in [0.15, 0.2) is 0 Å². The van der Waals surface area contributed by atoms with E-state index < -0.39 is 18.1 Å². The third-order valence-corrected chi connectivity index (χ3v) is 2.84. The van der Waals surface area contributed by atoms with Crippen molar-refractivity contribution in [2.24, 2.45) is 0 Å². The second-order valence-electron chi connectivity index (χ2n) is 4.55. The molecular formula is C17H21NO5. The van der Waals surface area contributed by atoms with Gasteiger partial charge in [0.05, 0.1) is 7.11 Å². The van der Waals surface area contributed by atoms with Crippen molar-refractivity contribution in [3.05, 3.63) is 55.1 Å². The van der Waals surface area contributed by atoms with Gasteiger partial charge in [0.1, 0.15) is 25.0 Å². The van der Waals surface area contributed by atoms with Gasteiger partial charge in [0, 0.05) is 6.42 Å². The van der Waals surface area contributed by atoms with Gasteiger partial charge in [0.2, 0.25) is 0 Å². The first-order valence-electron chi connectivity index (χ1n) is 7.05. The van der Waals surface area contributed by atoms with Crippen LogP contribution in [0.1, 0.15) is 5.56 Å². The molecule has 1 amide bonds. The normalized spacial score (nSPS) is 11.0. The zero-order valence-electron chi connectivity index (χ0n) is 13.1. The van der Waals surface area contributed by atoms with Gasteiger partial charge in [-0.15, -0.1) is 0 Å². The number of benzene rings is 1. The molecule has 0 saturated carbocycles. The van der Waals surface area contributed by atoms with Gasteiger partial charge in [0.25, 0.3) is 0 Å². The minimum absolute atomic E-state index is 0.0645. The average Bonchev–Trinajstić information content (AvgIpc) is 2.58. The van der Waals surface area contributed by atoms with Crippen LogP contribution in [0.2, 0.25) is 0 Å². The van der Waals surface area contributed by atoms with Crippen LogP contribution in [-0.4, -0.2) is 38.4 Å². The summed E-state index contributed by atoms with van der Waals surface area (Å²) in [4.78, 5) is 23.4. The highest BCUT2D eigenvalue weighted by molar-refractivity contribution is 5.81. The van der Waals surface area contributed by atoms with Gasteiger partial charge in [-0.25, -0.2) is 9.59 Å². The van der Waals surface area contributed by atoms with E-state index in [1.807, 2.05) is 12.1 Å². The smallest absolute Gasteiger partial charge is 0.408 e. The molecule has 0 bridgehead atoms. The Kier molecular flexibility index (Phi) is 7.99. The van der Waals surface area contributed by atoms with Crippen LogP contribution >= 0.6 is 0 Å². The number of carbonyl (C=O) groups excluding carboxylic acids is 2. The summed E-state index contributed by atoms with van der Waals surface area (Å²) in [6.07, 6.45) is 2.66. The van der Waals surface area contributed by atoms with Crippen LogP contribution in [0.25, 0.3) is 0 Å². The number of hydrogen-bond acceptors (Lipinski definition) is 5. The molecule has 6 heteroatoms. The van der Waals surface area contributed by atoms with E-state index in [2.05, 4.69) is 18.5 Å². The van der Waals surface area contributed by atoms with Gasteiger partial charge in [-0.3, -0.25) is 0 Å². The van der Waals surface area contributed by atoms with Crippen molar-refractivity contribution >= 4 is 12.1 Å². The molecule has 124 valence electrons. The first-order chi connectivity index (χ1) is 11.1. The monoisotopic (exact) mass is 319 g/mol. The van der Waals surface area contributed by atoms with Crippen LogP contribution in [0.5, 0.6) is 5.75 Å². The summed E-state index contributed by atoms with van der Waals surface area (Å²) in [6.45, 7) is 7.50. The molecule has 0 aliphatic carbocycles. The first-order valence-corrected chi connectivity index (χ1v) is 7.05. The molecule has 0 fully saturated rings. The van der Waals surface area contributed by atoms with Gasteiger partial charge >= 0.3 is 12.1 Å². The molecule has 6 nitrogen and oxygen atoms in total. The Morgan fingerprint density at radius 2 is 1.83 bits per heavy atom. The van der Waals surface area contributed by atoms with Crippen molar-refractivity contribution in [3.63, 3.8) is 0 Å². The van der Waals surface area contributed by atoms with Crippen molar-refractivity contribution in [1.82, 2.24) is 5.32 Å². The van der Waals surface area contributed by atoms with Crippen molar-refractivity contribution in [2.75, 3.05) is 20.3 Å². The first kappa shape index (κ1) is 18.3. The predicted molar refractivity (Wildman–Crippen MR) is 86.3 cm³/mol. The van der Waals surface area contributed by atoms with Gasteiger partial charge in [-0.1, -0.05) is 37.4 Å². The molecule has 0 aliphatic rings. The van der Waals surface area contributed by atoms with Crippen LogP contribution in [0.4, 0.5) is 4.79 Å². The van der Waals surface area contributed by atoms with E-state index in [0.717, 1.165) is 5.56 Å². The molecule has 0 aliphatic heterocycles. The molecule has 0 aromatic heterocycles. The third kappa shape index (κ3) is 6.69. The number of nitrogens with one attached hydrogen (secondary N) is 1. The number of rotatable bonds is 9. The quantitative estimate of drug-likeness (QED) is 0.558. The van der Waals surface area contributed by atoms with Crippen LogP contribution in [0, 0.1) is 0 Å². The predicted octanol–water partition coefficient (Wildman–Crippen LogP) is 2.25. The molecule has 1 aromatic carbocycles. The largest absolute Gasteiger partial charge is 0.490 e. The van der Waals surface area contributed by atoms with E-state index in [1.54, 1.807) is 18.2 Å². The highest BCUT2D eigenvalue weighted by Crippen LogP contribution is 2.14. The SMILES string of the molecule is C=CCOC(=O)N[C@@H](Cc1ccc(OCC=C)cc1)C(=O)OC. The Labute approximate surface area is 135 Å². The second kappa shape index (κ2) is 10.0. The Bertz CT molecular complexity index is 538. The molecule has 0 spiro atoms. The summed E-state index contributed by atoms with van der Waals surface area (Å²) in [5.74, 6) is 0.147. The van der Waals surface area contributed by atoms with E-state index in [0.29, 0.717) is 12.4 Å². The maximum Gasteiger partial charge on any atom is 0.408 e. The second-order valence-corrected chi connectivity index (χ2v) is 4.55. The summed E-state index contributed by atoms with van der Waals surface area (Å²) in [5.41, 5.74) is 0.843. The number of carbonyl (C=O) groups is 2. The molecule has 0 unspecified atom stereocenters. The highest BCUT2D eigenvalue weighted by Gasteiger charge is 2.22. The Morgan fingerprint density at radius 3 is 2.39 bits per heavy atom. The fraction of sp³-hybridized carbons (Fsp3) is 0.294. The zero-order valence-corrected chi connectivity index (χ0v) is 13.1. The summed E-state index contributed by atoms with van der Waals surface area (Å²) >= 11 is 0. The summed E-state index contributed by atoms with van der Waals surface area (Å²) < 4.78 is 14.9. The lowest BCUT2D eigenvalue weighted by molar-refractivity contribution is -0.142. The van der Waals surface area contributed by atoms with Gasteiger partial charge in [-0.05, 0) is 17.7 Å². The Hall–Kier alpha value is -2.76. The minimum atomic E-state index is -0.836. The highest BCUT2D eigenvalue weighted by atomic mass is 16.6. The van der Waals surface area contributed by atoms with Crippen molar-refractivity contribution in [1.29, 1.82) is 0 Å². The molecule has 0 saturated heterocycles. The number of ether oxygens (including phenoxy) is 3. The number of amides is 1. The maximum atomic E-state index is 11.8. The number of hydrogen-bond donors (Lipinski definition) is 1. The van der Waals surface area contributed by atoms with Crippen LogP contribution < -0.4 is 10.1 Å². The fourth-order valence-electron chi connectivity index (χ4n) is 1.77. The number of alkyl carbamates (subject to hydrolysis) is 1. The summed E-state index contributed by atoms with van der Waals surface area (Å²) in [6, 6.07) is 6.35. The summed E-state index contributed by atoms with van der Waals surface area (Å²) in [7, 11) is 1.26. The van der Waals surface area contributed by atoms with Crippen LogP contribution in [0.3, 0.4) is 0 Å². The van der Waals surface area contributed by atoms with E-state index in [9.17, 15) is 9.59 Å². The van der Waals surface area contributed by atoms with E-state index >= 15 is 0 Å². The average molecular weight is 319 g/mol. The molecule has 0 heterocycles. The maximum absolute atomic E-state index is 11.8. The summed E-state index contributed by atoms with van der Waals surface area (Å²) in [5, 5.41) is 2.47. The lowest BCUT2D eigenvalue weighted by atomic mass is 10.1. The van der Waals surface area contributed by atoms with Crippen LogP contribution in [0.15, 0.2) is 49.6 Å². The van der Waals surface area contributed by atoms with E-state index in [-0.39, 0.29) is 13.0 Å². The lowest BCUT2D eigenvalue weighted by Gasteiger charge is -2.16. The minimum Gasteiger partial charge on any atom is -0.490 e. The van der Waals surface area contributed by atoms with E-state index in [4.69, 9.17) is 14.2 Å². The van der Waals surface area contributed by atoms with Crippen molar-refractivity contribution in [2.45, 2.75) is 12.5 Å². The van der Waals surface area contributed by atoms with Crippen molar-refractivity contribution in [3.8, 4) is 5.75 Å². The van der Waals surface area contributed by atoms with E-state index in [1.165, 1.54) is 13.2 Å².